The van der Waals surface area contributed by atoms with Gasteiger partial charge in [-0.25, -0.2) is 0 Å². The van der Waals surface area contributed by atoms with Gasteiger partial charge < -0.3 is 20.7 Å². The number of hydrogen-bond donors (Lipinski definition) is 3. The van der Waals surface area contributed by atoms with Crippen LogP contribution in [0.15, 0.2) is 36.7 Å². The normalized spacial score (nSPS) is 23.1. The second-order valence-electron chi connectivity index (χ2n) is 6.25. The SMILES string of the molecule is CCOC(=O)C1(C)C(=O)Nc2cc3c(cc21)NC(c1ccncc1)N3. The molecule has 0 spiro atoms. The van der Waals surface area contributed by atoms with Crippen molar-refractivity contribution in [1.82, 2.24) is 4.98 Å². The van der Waals surface area contributed by atoms with Gasteiger partial charge >= 0.3 is 5.97 Å². The molecule has 0 bridgehead atoms. The largest absolute Gasteiger partial charge is 0.465 e. The van der Waals surface area contributed by atoms with Crippen molar-refractivity contribution in [3.05, 3.63) is 47.8 Å². The first-order valence-electron chi connectivity index (χ1n) is 8.14. The molecule has 0 saturated heterocycles. The lowest BCUT2D eigenvalue weighted by molar-refractivity contribution is -0.152. The molecule has 0 aliphatic carbocycles. The van der Waals surface area contributed by atoms with Crippen LogP contribution in [0.2, 0.25) is 0 Å². The molecule has 1 amide bonds. The molecule has 7 heteroatoms. The number of ether oxygens (including phenoxy) is 1. The van der Waals surface area contributed by atoms with Crippen LogP contribution in [0.5, 0.6) is 0 Å². The molecule has 2 unspecified atom stereocenters. The second kappa shape index (κ2) is 5.47. The van der Waals surface area contributed by atoms with Crippen molar-refractivity contribution < 1.29 is 14.3 Å². The maximum atomic E-state index is 12.4. The molecular formula is C18H18N4O3. The summed E-state index contributed by atoms with van der Waals surface area (Å²) in [6.07, 6.45) is 3.38. The van der Waals surface area contributed by atoms with Crippen molar-refractivity contribution in [2.75, 3.05) is 22.6 Å². The number of fused-ring (bicyclic) bond motifs is 2. The van der Waals surface area contributed by atoms with E-state index in [0.717, 1.165) is 16.9 Å². The van der Waals surface area contributed by atoms with E-state index in [-0.39, 0.29) is 18.7 Å². The molecule has 0 fully saturated rings. The van der Waals surface area contributed by atoms with Gasteiger partial charge in [0, 0.05) is 23.6 Å². The fourth-order valence-corrected chi connectivity index (χ4v) is 3.27. The minimum atomic E-state index is -1.34. The summed E-state index contributed by atoms with van der Waals surface area (Å²) in [6.45, 7) is 3.55. The number of benzene rings is 1. The van der Waals surface area contributed by atoms with E-state index in [0.29, 0.717) is 11.3 Å². The molecule has 0 radical (unpaired) electrons. The molecule has 3 N–H and O–H groups in total. The zero-order valence-corrected chi connectivity index (χ0v) is 13.9. The molecule has 3 heterocycles. The van der Waals surface area contributed by atoms with Gasteiger partial charge in [-0.2, -0.15) is 0 Å². The lowest BCUT2D eigenvalue weighted by Gasteiger charge is -2.20. The van der Waals surface area contributed by atoms with Gasteiger partial charge in [-0.3, -0.25) is 14.6 Å². The third-order valence-corrected chi connectivity index (χ3v) is 4.72. The number of anilines is 3. The maximum absolute atomic E-state index is 12.4. The Hall–Kier alpha value is -3.09. The molecule has 2 atom stereocenters. The lowest BCUT2D eigenvalue weighted by atomic mass is 9.83. The van der Waals surface area contributed by atoms with Crippen LogP contribution in [-0.4, -0.2) is 23.5 Å². The summed E-state index contributed by atoms with van der Waals surface area (Å²) in [5, 5.41) is 9.54. The minimum absolute atomic E-state index is 0.0925. The minimum Gasteiger partial charge on any atom is -0.465 e. The summed E-state index contributed by atoms with van der Waals surface area (Å²) in [6, 6.07) is 7.54. The third-order valence-electron chi connectivity index (χ3n) is 4.72. The highest BCUT2D eigenvalue weighted by molar-refractivity contribution is 6.19. The molecule has 2 aliphatic heterocycles. The van der Waals surface area contributed by atoms with E-state index in [2.05, 4.69) is 20.9 Å². The van der Waals surface area contributed by atoms with Crippen molar-refractivity contribution in [2.45, 2.75) is 25.4 Å². The van der Waals surface area contributed by atoms with E-state index in [1.54, 1.807) is 26.2 Å². The number of hydrogen-bond acceptors (Lipinski definition) is 6. The predicted octanol–water partition coefficient (Wildman–Crippen LogP) is 2.39. The molecule has 2 aliphatic rings. The Morgan fingerprint density at radius 1 is 1.20 bits per heavy atom. The highest BCUT2D eigenvalue weighted by atomic mass is 16.5. The molecule has 1 aromatic carbocycles. The molecule has 128 valence electrons. The van der Waals surface area contributed by atoms with Crippen LogP contribution in [0.1, 0.15) is 31.1 Å². The summed E-state index contributed by atoms with van der Waals surface area (Å²) in [7, 11) is 0. The van der Waals surface area contributed by atoms with Gasteiger partial charge in [-0.1, -0.05) is 0 Å². The fraction of sp³-hybridized carbons (Fsp3) is 0.278. The Labute approximate surface area is 144 Å². The van der Waals surface area contributed by atoms with E-state index in [1.165, 1.54) is 0 Å². The van der Waals surface area contributed by atoms with E-state index < -0.39 is 11.4 Å². The van der Waals surface area contributed by atoms with Gasteiger partial charge in [-0.05, 0) is 43.7 Å². The molecule has 2 aromatic rings. The quantitative estimate of drug-likeness (QED) is 0.588. The summed E-state index contributed by atoms with van der Waals surface area (Å²) < 4.78 is 5.12. The van der Waals surface area contributed by atoms with E-state index >= 15 is 0 Å². The first-order valence-corrected chi connectivity index (χ1v) is 8.14. The molecule has 25 heavy (non-hydrogen) atoms. The molecule has 1 aromatic heterocycles. The smallest absolute Gasteiger partial charge is 0.326 e. The van der Waals surface area contributed by atoms with Crippen molar-refractivity contribution in [3.63, 3.8) is 0 Å². The highest BCUT2D eigenvalue weighted by Gasteiger charge is 2.51. The van der Waals surface area contributed by atoms with Crippen molar-refractivity contribution >= 4 is 28.9 Å². The number of nitrogens with one attached hydrogen (secondary N) is 3. The number of pyridine rings is 1. The molecule has 7 nitrogen and oxygen atoms in total. The Morgan fingerprint density at radius 3 is 2.56 bits per heavy atom. The summed E-state index contributed by atoms with van der Waals surface area (Å²) in [5.74, 6) is -0.904. The van der Waals surface area contributed by atoms with Crippen molar-refractivity contribution in [2.24, 2.45) is 0 Å². The van der Waals surface area contributed by atoms with Crippen LogP contribution in [0, 0.1) is 0 Å². The van der Waals surface area contributed by atoms with Crippen LogP contribution in [0.25, 0.3) is 0 Å². The number of carbonyl (C=O) groups is 2. The topological polar surface area (TPSA) is 92.4 Å². The zero-order chi connectivity index (χ0) is 17.6. The number of rotatable bonds is 3. The van der Waals surface area contributed by atoms with E-state index in [1.807, 2.05) is 24.3 Å². The summed E-state index contributed by atoms with van der Waals surface area (Å²) >= 11 is 0. The van der Waals surface area contributed by atoms with E-state index in [4.69, 9.17) is 4.74 Å². The second-order valence-corrected chi connectivity index (χ2v) is 6.25. The van der Waals surface area contributed by atoms with Crippen LogP contribution in [0.3, 0.4) is 0 Å². The van der Waals surface area contributed by atoms with Crippen molar-refractivity contribution in [3.8, 4) is 0 Å². The number of esters is 1. The van der Waals surface area contributed by atoms with Gasteiger partial charge in [0.25, 0.3) is 0 Å². The molecule has 0 saturated carbocycles. The Balaban J connectivity index is 1.71. The number of nitrogens with zero attached hydrogens (tertiary/aromatic N) is 1. The highest BCUT2D eigenvalue weighted by Crippen LogP contribution is 2.46. The number of carbonyl (C=O) groups excluding carboxylic acids is 2. The van der Waals surface area contributed by atoms with Crippen LogP contribution < -0.4 is 16.0 Å². The zero-order valence-electron chi connectivity index (χ0n) is 13.9. The van der Waals surface area contributed by atoms with Crippen molar-refractivity contribution in [1.29, 1.82) is 0 Å². The summed E-state index contributed by atoms with van der Waals surface area (Å²) in [4.78, 5) is 28.9. The Morgan fingerprint density at radius 2 is 1.88 bits per heavy atom. The predicted molar refractivity (Wildman–Crippen MR) is 93.3 cm³/mol. The number of aromatic nitrogens is 1. The van der Waals surface area contributed by atoms with Gasteiger partial charge in [0.05, 0.1) is 18.0 Å². The third kappa shape index (κ3) is 2.23. The monoisotopic (exact) mass is 338 g/mol. The fourth-order valence-electron chi connectivity index (χ4n) is 3.27. The molecule has 4 rings (SSSR count). The maximum Gasteiger partial charge on any atom is 0.326 e. The first-order chi connectivity index (χ1) is 12.0. The standard InChI is InChI=1S/C18H18N4O3/c1-3-25-17(24)18(2)11-8-13-14(9-12(11)22-16(18)23)21-15(20-13)10-4-6-19-7-5-10/h4-9,15,20-21H,3H2,1-2H3,(H,22,23). The van der Waals surface area contributed by atoms with E-state index in [9.17, 15) is 9.59 Å². The molecular weight excluding hydrogens is 320 g/mol. The lowest BCUT2D eigenvalue weighted by Crippen LogP contribution is -2.40. The van der Waals surface area contributed by atoms with Crippen LogP contribution >= 0.6 is 0 Å². The Bertz CT molecular complexity index is 868. The van der Waals surface area contributed by atoms with Crippen LogP contribution in [-0.2, 0) is 19.7 Å². The van der Waals surface area contributed by atoms with Gasteiger partial charge in [0.1, 0.15) is 6.17 Å². The van der Waals surface area contributed by atoms with Gasteiger partial charge in [0.2, 0.25) is 5.91 Å². The summed E-state index contributed by atoms with van der Waals surface area (Å²) in [5.41, 5.74) is 2.67. The van der Waals surface area contributed by atoms with Crippen LogP contribution in [0.4, 0.5) is 17.1 Å². The average molecular weight is 338 g/mol. The van der Waals surface area contributed by atoms with Gasteiger partial charge in [-0.15, -0.1) is 0 Å². The first kappa shape index (κ1) is 15.4. The average Bonchev–Trinajstić information content (AvgIpc) is 3.14. The number of amides is 1. The Kier molecular flexibility index (Phi) is 3.38. The van der Waals surface area contributed by atoms with Gasteiger partial charge in [0.15, 0.2) is 5.41 Å².